The highest BCUT2D eigenvalue weighted by Crippen LogP contribution is 2.34. The highest BCUT2D eigenvalue weighted by atomic mass is 15.3. The molecule has 31 heavy (non-hydrogen) atoms. The maximum Gasteiger partial charge on any atom is 0.121 e. The molecular formula is C25H34N6. The molecule has 0 aromatic carbocycles. The van der Waals surface area contributed by atoms with Gasteiger partial charge in [-0.05, 0) is 50.6 Å². The van der Waals surface area contributed by atoms with Gasteiger partial charge in [-0.2, -0.15) is 0 Å². The summed E-state index contributed by atoms with van der Waals surface area (Å²) < 4.78 is 0. The third-order valence-electron chi connectivity index (χ3n) is 6.99. The maximum absolute atomic E-state index is 5.14. The van der Waals surface area contributed by atoms with Crippen LogP contribution in [-0.2, 0) is 19.4 Å². The quantitative estimate of drug-likeness (QED) is 0.807. The summed E-state index contributed by atoms with van der Waals surface area (Å²) in [6, 6.07) is 4.70. The molecule has 1 fully saturated rings. The van der Waals surface area contributed by atoms with Crippen LogP contribution in [0.4, 0.5) is 0 Å². The third kappa shape index (κ3) is 4.19. The lowest BCUT2D eigenvalue weighted by atomic mass is 9.91. The number of piperazine rings is 1. The maximum atomic E-state index is 5.14. The largest absolute Gasteiger partial charge is 0.367 e. The zero-order valence-corrected chi connectivity index (χ0v) is 18.8. The summed E-state index contributed by atoms with van der Waals surface area (Å²) in [6.45, 7) is 8.41. The first-order valence-corrected chi connectivity index (χ1v) is 11.8. The standard InChI is InChI=1S/C25H34N6/c1-3-30(21-12-6-8-19-9-7-13-26-24(19)21)18-23-27-20-10-4-5-11-22(25(20)28-23)31-16-14-29(2)15-17-31/h4-5,7,9,11,13,21H,3,6,8,10,12,14-18H2,1-2H3,(H,27,28)/t21-/m1/s1. The van der Waals surface area contributed by atoms with E-state index in [1.165, 1.54) is 35.5 Å². The average Bonchev–Trinajstić information content (AvgIpc) is 3.10. The third-order valence-corrected chi connectivity index (χ3v) is 6.99. The Kier molecular flexibility index (Phi) is 5.92. The number of nitrogens with zero attached hydrogens (tertiary/aromatic N) is 5. The second-order valence-electron chi connectivity index (χ2n) is 9.00. The number of aromatic nitrogens is 3. The van der Waals surface area contributed by atoms with Crippen molar-refractivity contribution in [2.45, 2.75) is 45.2 Å². The number of pyridine rings is 1. The van der Waals surface area contributed by atoms with Gasteiger partial charge in [0.15, 0.2) is 0 Å². The van der Waals surface area contributed by atoms with E-state index < -0.39 is 0 Å². The number of hydrogen-bond donors (Lipinski definition) is 1. The van der Waals surface area contributed by atoms with Crippen LogP contribution in [0.3, 0.4) is 0 Å². The van der Waals surface area contributed by atoms with Crippen molar-refractivity contribution in [2.24, 2.45) is 0 Å². The minimum absolute atomic E-state index is 0.382. The van der Waals surface area contributed by atoms with Gasteiger partial charge in [0.2, 0.25) is 0 Å². The molecule has 3 heterocycles. The highest BCUT2D eigenvalue weighted by molar-refractivity contribution is 5.66. The van der Waals surface area contributed by atoms with Gasteiger partial charge in [0, 0.05) is 44.5 Å². The minimum Gasteiger partial charge on any atom is -0.367 e. The van der Waals surface area contributed by atoms with Crippen LogP contribution in [0, 0.1) is 0 Å². The van der Waals surface area contributed by atoms with E-state index in [0.29, 0.717) is 6.04 Å². The number of likely N-dealkylation sites (N-methyl/N-ethyl adjacent to an activating group) is 1. The molecule has 5 rings (SSSR count). The van der Waals surface area contributed by atoms with Crippen molar-refractivity contribution in [2.75, 3.05) is 39.8 Å². The Morgan fingerprint density at radius 1 is 1.23 bits per heavy atom. The minimum atomic E-state index is 0.382. The molecule has 2 aliphatic carbocycles. The zero-order chi connectivity index (χ0) is 21.2. The predicted octanol–water partition coefficient (Wildman–Crippen LogP) is 3.40. The fraction of sp³-hybridized carbons (Fsp3) is 0.520. The Morgan fingerprint density at radius 3 is 2.94 bits per heavy atom. The van der Waals surface area contributed by atoms with Crippen LogP contribution in [0.25, 0.3) is 5.70 Å². The van der Waals surface area contributed by atoms with Crippen molar-refractivity contribution in [3.63, 3.8) is 0 Å². The molecule has 0 amide bonds. The fourth-order valence-electron chi connectivity index (χ4n) is 5.20. The van der Waals surface area contributed by atoms with Gasteiger partial charge in [-0.1, -0.05) is 25.1 Å². The number of hydrogen-bond acceptors (Lipinski definition) is 5. The number of H-pyrrole nitrogens is 1. The molecule has 164 valence electrons. The van der Waals surface area contributed by atoms with E-state index in [1.54, 1.807) is 0 Å². The van der Waals surface area contributed by atoms with Crippen LogP contribution in [-0.4, -0.2) is 69.4 Å². The monoisotopic (exact) mass is 418 g/mol. The lowest BCUT2D eigenvalue weighted by molar-refractivity contribution is 0.171. The first-order chi connectivity index (χ1) is 15.2. The molecule has 0 spiro atoms. The lowest BCUT2D eigenvalue weighted by Crippen LogP contribution is -2.43. The van der Waals surface area contributed by atoms with E-state index in [2.05, 4.69) is 64.0 Å². The number of rotatable bonds is 5. The van der Waals surface area contributed by atoms with Gasteiger partial charge in [0.1, 0.15) is 11.5 Å². The average molecular weight is 419 g/mol. The van der Waals surface area contributed by atoms with Crippen LogP contribution in [0.2, 0.25) is 0 Å². The van der Waals surface area contributed by atoms with Gasteiger partial charge in [0.25, 0.3) is 0 Å². The Balaban J connectivity index is 1.38. The van der Waals surface area contributed by atoms with Crippen molar-refractivity contribution < 1.29 is 0 Å². The molecule has 0 radical (unpaired) electrons. The summed E-state index contributed by atoms with van der Waals surface area (Å²) in [7, 11) is 2.20. The number of nitrogens with one attached hydrogen (secondary N) is 1. The van der Waals surface area contributed by atoms with Crippen molar-refractivity contribution in [3.05, 3.63) is 65.0 Å². The molecule has 1 saturated heterocycles. The van der Waals surface area contributed by atoms with Gasteiger partial charge in [0.05, 0.1) is 24.0 Å². The normalized spacial score (nSPS) is 21.6. The molecule has 0 unspecified atom stereocenters. The molecule has 0 saturated carbocycles. The Morgan fingerprint density at radius 2 is 2.10 bits per heavy atom. The summed E-state index contributed by atoms with van der Waals surface area (Å²) in [6.07, 6.45) is 13.1. The first-order valence-electron chi connectivity index (χ1n) is 11.8. The van der Waals surface area contributed by atoms with Gasteiger partial charge < -0.3 is 14.8 Å². The summed E-state index contributed by atoms with van der Waals surface area (Å²) in [5.74, 6) is 1.07. The summed E-state index contributed by atoms with van der Waals surface area (Å²) >= 11 is 0. The SMILES string of the molecule is CCN(Cc1nc2c([nH]1)CC=CC=C2N1CCN(C)CC1)[C@@H]1CCCc2cccnc21. The molecule has 1 atom stereocenters. The van der Waals surface area contributed by atoms with Crippen LogP contribution < -0.4 is 0 Å². The number of fused-ring (bicyclic) bond motifs is 2. The molecule has 2 aromatic rings. The number of aryl methyl sites for hydroxylation is 1. The predicted molar refractivity (Wildman–Crippen MR) is 124 cm³/mol. The lowest BCUT2D eigenvalue weighted by Gasteiger charge is -2.35. The van der Waals surface area contributed by atoms with E-state index in [-0.39, 0.29) is 0 Å². The smallest absolute Gasteiger partial charge is 0.121 e. The van der Waals surface area contributed by atoms with E-state index in [1.807, 2.05) is 6.20 Å². The molecule has 1 N–H and O–H groups in total. The Bertz CT molecular complexity index is 966. The van der Waals surface area contributed by atoms with Crippen molar-refractivity contribution >= 4 is 5.70 Å². The van der Waals surface area contributed by atoms with Crippen LogP contribution in [0.15, 0.2) is 36.6 Å². The van der Waals surface area contributed by atoms with E-state index in [9.17, 15) is 0 Å². The zero-order valence-electron chi connectivity index (χ0n) is 18.8. The van der Waals surface area contributed by atoms with E-state index in [0.717, 1.165) is 63.6 Å². The second kappa shape index (κ2) is 8.97. The second-order valence-corrected chi connectivity index (χ2v) is 9.00. The fourth-order valence-corrected chi connectivity index (χ4v) is 5.20. The Labute approximate surface area is 185 Å². The Hall–Kier alpha value is -2.44. The van der Waals surface area contributed by atoms with Crippen molar-refractivity contribution in [1.82, 2.24) is 29.7 Å². The van der Waals surface area contributed by atoms with Crippen LogP contribution in [0.1, 0.15) is 54.3 Å². The van der Waals surface area contributed by atoms with Gasteiger partial charge in [-0.25, -0.2) is 4.98 Å². The number of aromatic amines is 1. The van der Waals surface area contributed by atoms with Crippen molar-refractivity contribution in [3.8, 4) is 0 Å². The van der Waals surface area contributed by atoms with Crippen LogP contribution >= 0.6 is 0 Å². The molecule has 6 heteroatoms. The summed E-state index contributed by atoms with van der Waals surface area (Å²) in [5, 5.41) is 0. The molecular weight excluding hydrogens is 384 g/mol. The number of imidazole rings is 1. The van der Waals surface area contributed by atoms with E-state index >= 15 is 0 Å². The molecule has 6 nitrogen and oxygen atoms in total. The summed E-state index contributed by atoms with van der Waals surface area (Å²) in [5.41, 5.74) is 6.34. The summed E-state index contributed by atoms with van der Waals surface area (Å²) in [4.78, 5) is 21.0. The van der Waals surface area contributed by atoms with Gasteiger partial charge >= 0.3 is 0 Å². The van der Waals surface area contributed by atoms with Gasteiger partial charge in [-0.3, -0.25) is 9.88 Å². The van der Waals surface area contributed by atoms with E-state index in [4.69, 9.17) is 9.97 Å². The van der Waals surface area contributed by atoms with Gasteiger partial charge in [-0.15, -0.1) is 0 Å². The van der Waals surface area contributed by atoms with Crippen molar-refractivity contribution in [1.29, 1.82) is 0 Å². The number of allylic oxidation sites excluding steroid dienone is 3. The first kappa shape index (κ1) is 20.5. The van der Waals surface area contributed by atoms with Crippen LogP contribution in [0.5, 0.6) is 0 Å². The molecule has 0 bridgehead atoms. The molecule has 1 aliphatic heterocycles. The topological polar surface area (TPSA) is 51.3 Å². The molecule has 3 aliphatic rings. The molecule has 2 aromatic heterocycles. The highest BCUT2D eigenvalue weighted by Gasteiger charge is 2.28.